The Balaban J connectivity index is 2.15. The molecule has 0 aliphatic carbocycles. The van der Waals surface area contributed by atoms with Crippen molar-refractivity contribution in [3.8, 4) is 0 Å². The van der Waals surface area contributed by atoms with Crippen LogP contribution >= 0.6 is 11.6 Å². The number of nitrogens with one attached hydrogen (secondary N) is 1. The lowest BCUT2D eigenvalue weighted by Gasteiger charge is -2.16. The van der Waals surface area contributed by atoms with Gasteiger partial charge in [-0.3, -0.25) is 19.8 Å². The van der Waals surface area contributed by atoms with Crippen LogP contribution in [0.25, 0.3) is 0 Å². The van der Waals surface area contributed by atoms with Crippen molar-refractivity contribution in [2.45, 2.75) is 27.3 Å². The molecule has 0 bridgehead atoms. The van der Waals surface area contributed by atoms with E-state index in [1.54, 1.807) is 31.9 Å². The molecular formula is C20H23ClN2O5. The van der Waals surface area contributed by atoms with Crippen LogP contribution < -0.4 is 5.32 Å². The number of benzene rings is 1. The molecule has 8 heteroatoms. The summed E-state index contributed by atoms with van der Waals surface area (Å²) in [5, 5.41) is 3.18. The molecule has 150 valence electrons. The minimum atomic E-state index is -0.718. The number of likely N-dealkylation sites (N-methyl/N-ethyl adjacent to an activating group) is 1. The largest absolute Gasteiger partial charge is 0.462 e. The molecule has 0 atom stereocenters. The number of hydrogen-bond donors (Lipinski definition) is 1. The van der Waals surface area contributed by atoms with Crippen LogP contribution in [0.3, 0.4) is 0 Å². The Kier molecular flexibility index (Phi) is 7.37. The van der Waals surface area contributed by atoms with Gasteiger partial charge in [-0.25, -0.2) is 4.79 Å². The first-order valence-corrected chi connectivity index (χ1v) is 9.15. The van der Waals surface area contributed by atoms with E-state index in [4.69, 9.17) is 20.8 Å². The van der Waals surface area contributed by atoms with Crippen molar-refractivity contribution < 1.29 is 23.5 Å². The first-order valence-electron chi connectivity index (χ1n) is 8.77. The van der Waals surface area contributed by atoms with Gasteiger partial charge in [0.25, 0.3) is 0 Å². The lowest BCUT2D eigenvalue weighted by molar-refractivity contribution is -0.117. The molecule has 1 aromatic heterocycles. The van der Waals surface area contributed by atoms with Gasteiger partial charge >= 0.3 is 5.97 Å². The number of rotatable bonds is 8. The van der Waals surface area contributed by atoms with E-state index in [2.05, 4.69) is 5.32 Å². The number of aryl methyl sites for hydroxylation is 1. The number of ketones is 1. The number of anilines is 1. The van der Waals surface area contributed by atoms with E-state index in [1.165, 1.54) is 6.92 Å². The van der Waals surface area contributed by atoms with Crippen LogP contribution in [0.4, 0.5) is 5.88 Å². The van der Waals surface area contributed by atoms with Crippen molar-refractivity contribution in [3.05, 3.63) is 51.7 Å². The van der Waals surface area contributed by atoms with Crippen molar-refractivity contribution in [2.75, 3.05) is 25.5 Å². The average molecular weight is 407 g/mol. The Bertz CT molecular complexity index is 891. The smallest absolute Gasteiger partial charge is 0.344 e. The maximum atomic E-state index is 12.4. The first kappa shape index (κ1) is 21.7. The van der Waals surface area contributed by atoms with E-state index in [1.807, 2.05) is 18.2 Å². The maximum absolute atomic E-state index is 12.4. The van der Waals surface area contributed by atoms with E-state index < -0.39 is 11.9 Å². The molecule has 2 rings (SSSR count). The fourth-order valence-electron chi connectivity index (χ4n) is 2.84. The molecule has 0 saturated carbocycles. The summed E-state index contributed by atoms with van der Waals surface area (Å²) >= 11 is 6.14. The Labute approximate surface area is 168 Å². The number of furan rings is 1. The van der Waals surface area contributed by atoms with Gasteiger partial charge in [-0.1, -0.05) is 29.8 Å². The maximum Gasteiger partial charge on any atom is 0.344 e. The van der Waals surface area contributed by atoms with Crippen LogP contribution in [0.5, 0.6) is 0 Å². The van der Waals surface area contributed by atoms with Gasteiger partial charge in [-0.05, 0) is 39.4 Å². The minimum absolute atomic E-state index is 0.0304. The Morgan fingerprint density at radius 3 is 2.50 bits per heavy atom. The second kappa shape index (κ2) is 9.52. The van der Waals surface area contributed by atoms with E-state index in [0.29, 0.717) is 11.6 Å². The van der Waals surface area contributed by atoms with Gasteiger partial charge in [0.15, 0.2) is 5.78 Å². The highest BCUT2D eigenvalue weighted by Gasteiger charge is 2.28. The molecule has 0 saturated heterocycles. The lowest BCUT2D eigenvalue weighted by Crippen LogP contribution is -2.30. The zero-order chi connectivity index (χ0) is 20.8. The van der Waals surface area contributed by atoms with Gasteiger partial charge in [-0.15, -0.1) is 0 Å². The zero-order valence-electron chi connectivity index (χ0n) is 16.3. The number of nitrogens with zero attached hydrogens (tertiary/aromatic N) is 1. The van der Waals surface area contributed by atoms with Gasteiger partial charge in [0, 0.05) is 11.6 Å². The van der Waals surface area contributed by atoms with Crippen molar-refractivity contribution in [2.24, 2.45) is 0 Å². The van der Waals surface area contributed by atoms with E-state index in [9.17, 15) is 14.4 Å². The number of carbonyl (C=O) groups excluding carboxylic acids is 3. The number of esters is 1. The van der Waals surface area contributed by atoms with E-state index in [-0.39, 0.29) is 41.7 Å². The summed E-state index contributed by atoms with van der Waals surface area (Å²) in [6.07, 6.45) is 0. The topological polar surface area (TPSA) is 88.8 Å². The van der Waals surface area contributed by atoms with Crippen LogP contribution in [0.1, 0.15) is 45.9 Å². The molecule has 1 heterocycles. The number of halogens is 1. The van der Waals surface area contributed by atoms with Crippen molar-refractivity contribution in [1.29, 1.82) is 0 Å². The van der Waals surface area contributed by atoms with Gasteiger partial charge in [0.1, 0.15) is 11.3 Å². The molecule has 1 N–H and O–H groups in total. The van der Waals surface area contributed by atoms with Gasteiger partial charge in [0.05, 0.1) is 18.7 Å². The monoisotopic (exact) mass is 406 g/mol. The highest BCUT2D eigenvalue weighted by Crippen LogP contribution is 2.28. The fourth-order valence-corrected chi connectivity index (χ4v) is 3.03. The molecule has 2 aromatic rings. The standard InChI is InChI=1S/C20H23ClN2O5/c1-5-27-20(26)18-17(12(2)24)13(3)28-19(18)22-16(25)11-23(4)10-14-8-6-7-9-15(14)21/h6-9H,5,10-11H2,1-4H3,(H,22,25). The number of Topliss-reactive ketones (excluding diaryl/α,β-unsaturated/α-hetero) is 1. The molecule has 0 aliphatic rings. The van der Waals surface area contributed by atoms with E-state index in [0.717, 1.165) is 5.56 Å². The molecular weight excluding hydrogens is 384 g/mol. The number of amides is 1. The SMILES string of the molecule is CCOC(=O)c1c(NC(=O)CN(C)Cc2ccccc2Cl)oc(C)c1C(C)=O. The molecule has 0 aliphatic heterocycles. The summed E-state index contributed by atoms with van der Waals surface area (Å²) in [6.45, 7) is 5.16. The van der Waals surface area contributed by atoms with Gasteiger partial charge < -0.3 is 9.15 Å². The number of carbonyl (C=O) groups is 3. The highest BCUT2D eigenvalue weighted by atomic mass is 35.5. The average Bonchev–Trinajstić information content (AvgIpc) is 2.93. The minimum Gasteiger partial charge on any atom is -0.462 e. The fraction of sp³-hybridized carbons (Fsp3) is 0.350. The summed E-state index contributed by atoms with van der Waals surface area (Å²) in [6, 6.07) is 7.37. The second-order valence-electron chi connectivity index (χ2n) is 6.33. The van der Waals surface area contributed by atoms with Crippen LogP contribution in [-0.2, 0) is 16.1 Å². The highest BCUT2D eigenvalue weighted by molar-refractivity contribution is 6.31. The first-order chi connectivity index (χ1) is 13.2. The second-order valence-corrected chi connectivity index (χ2v) is 6.73. The molecule has 0 fully saturated rings. The third-order valence-electron chi connectivity index (χ3n) is 3.98. The van der Waals surface area contributed by atoms with Crippen molar-refractivity contribution in [3.63, 3.8) is 0 Å². The summed E-state index contributed by atoms with van der Waals surface area (Å²) in [5.74, 6) is -1.30. The molecule has 1 aromatic carbocycles. The molecule has 1 amide bonds. The molecule has 7 nitrogen and oxygen atoms in total. The third-order valence-corrected chi connectivity index (χ3v) is 4.35. The zero-order valence-corrected chi connectivity index (χ0v) is 17.1. The summed E-state index contributed by atoms with van der Waals surface area (Å²) in [7, 11) is 1.77. The van der Waals surface area contributed by atoms with Gasteiger partial charge in [0.2, 0.25) is 11.8 Å². The molecule has 0 spiro atoms. The van der Waals surface area contributed by atoms with E-state index >= 15 is 0 Å². The Morgan fingerprint density at radius 1 is 1.21 bits per heavy atom. The molecule has 0 unspecified atom stereocenters. The van der Waals surface area contributed by atoms with Crippen LogP contribution in [-0.4, -0.2) is 42.8 Å². The Hall–Kier alpha value is -2.64. The van der Waals surface area contributed by atoms with Crippen LogP contribution in [0.15, 0.2) is 28.7 Å². The summed E-state index contributed by atoms with van der Waals surface area (Å²) < 4.78 is 10.5. The third kappa shape index (κ3) is 5.21. The van der Waals surface area contributed by atoms with Crippen molar-refractivity contribution >= 4 is 35.1 Å². The quantitative estimate of drug-likeness (QED) is 0.531. The predicted octanol–water partition coefficient (Wildman–Crippen LogP) is 3.69. The number of ether oxygens (including phenoxy) is 1. The summed E-state index contributed by atoms with van der Waals surface area (Å²) in [4.78, 5) is 38.4. The lowest BCUT2D eigenvalue weighted by atomic mass is 10.1. The molecule has 0 radical (unpaired) electrons. The Morgan fingerprint density at radius 2 is 1.89 bits per heavy atom. The van der Waals surface area contributed by atoms with Crippen LogP contribution in [0.2, 0.25) is 5.02 Å². The van der Waals surface area contributed by atoms with Crippen LogP contribution in [0, 0.1) is 6.92 Å². The number of hydrogen-bond acceptors (Lipinski definition) is 6. The van der Waals surface area contributed by atoms with Gasteiger partial charge in [-0.2, -0.15) is 0 Å². The molecule has 28 heavy (non-hydrogen) atoms. The predicted molar refractivity (Wildman–Crippen MR) is 106 cm³/mol. The summed E-state index contributed by atoms with van der Waals surface area (Å²) in [5.41, 5.74) is 0.937. The van der Waals surface area contributed by atoms with Crippen molar-refractivity contribution in [1.82, 2.24) is 4.90 Å². The normalized spacial score (nSPS) is 10.8.